The van der Waals surface area contributed by atoms with Crippen molar-refractivity contribution in [2.24, 2.45) is 0 Å². The number of amides is 2. The molecule has 144 valence electrons. The molecule has 0 radical (unpaired) electrons. The number of nitrogens with zero attached hydrogens (tertiary/aromatic N) is 2. The van der Waals surface area contributed by atoms with Crippen LogP contribution in [0.25, 0.3) is 10.9 Å². The number of fused-ring (bicyclic) bond motifs is 1. The average Bonchev–Trinajstić information content (AvgIpc) is 3.15. The van der Waals surface area contributed by atoms with Crippen LogP contribution in [0.15, 0.2) is 60.8 Å². The second kappa shape index (κ2) is 8.17. The molecule has 0 aliphatic carbocycles. The second-order valence-electron chi connectivity index (χ2n) is 7.02. The Labute approximate surface area is 164 Å². The van der Waals surface area contributed by atoms with Crippen LogP contribution in [0.4, 0.5) is 5.69 Å². The van der Waals surface area contributed by atoms with Gasteiger partial charge in [0.05, 0.1) is 13.0 Å². The molecule has 2 N–H and O–H groups in total. The maximum atomic E-state index is 12.4. The summed E-state index contributed by atoms with van der Waals surface area (Å²) in [5, 5.41) is 3.81. The first-order valence-electron chi connectivity index (χ1n) is 9.60. The van der Waals surface area contributed by atoms with Gasteiger partial charge in [-0.1, -0.05) is 36.4 Å². The minimum atomic E-state index is -0.138. The molecule has 0 saturated carbocycles. The van der Waals surface area contributed by atoms with Crippen molar-refractivity contribution in [3.05, 3.63) is 66.4 Å². The smallest absolute Gasteiger partial charge is 0.242 e. The molecule has 4 rings (SSSR count). The second-order valence-corrected chi connectivity index (χ2v) is 7.02. The molecule has 28 heavy (non-hydrogen) atoms. The summed E-state index contributed by atoms with van der Waals surface area (Å²) in [4.78, 5) is 32.0. The normalized spacial score (nSPS) is 14.3. The zero-order chi connectivity index (χ0) is 19.3. The highest BCUT2D eigenvalue weighted by Gasteiger charge is 2.21. The Kier molecular flexibility index (Phi) is 5.28. The van der Waals surface area contributed by atoms with Gasteiger partial charge in [-0.2, -0.15) is 0 Å². The van der Waals surface area contributed by atoms with E-state index in [2.05, 4.69) is 27.3 Å². The zero-order valence-corrected chi connectivity index (χ0v) is 15.7. The number of hydrogen-bond donors (Lipinski definition) is 2. The topological polar surface area (TPSA) is 68.4 Å². The lowest BCUT2D eigenvalue weighted by atomic mass is 10.1. The molecule has 1 fully saturated rings. The molecule has 6 nitrogen and oxygen atoms in total. The van der Waals surface area contributed by atoms with Crippen LogP contribution >= 0.6 is 0 Å². The molecular formula is C22H24N4O2. The third-order valence-corrected chi connectivity index (χ3v) is 5.22. The highest BCUT2D eigenvalue weighted by Crippen LogP contribution is 2.18. The van der Waals surface area contributed by atoms with Gasteiger partial charge in [-0.15, -0.1) is 0 Å². The molecule has 3 aromatic rings. The third kappa shape index (κ3) is 4.01. The lowest BCUT2D eigenvalue weighted by molar-refractivity contribution is -0.133. The average molecular weight is 376 g/mol. The Hall–Kier alpha value is -3.28. The third-order valence-electron chi connectivity index (χ3n) is 5.22. The van der Waals surface area contributed by atoms with Crippen molar-refractivity contribution in [2.75, 3.05) is 37.6 Å². The number of anilines is 1. The highest BCUT2D eigenvalue weighted by molar-refractivity contribution is 5.90. The summed E-state index contributed by atoms with van der Waals surface area (Å²) < 4.78 is 0. The van der Waals surface area contributed by atoms with Crippen LogP contribution in [0.5, 0.6) is 0 Å². The van der Waals surface area contributed by atoms with Crippen molar-refractivity contribution < 1.29 is 9.59 Å². The van der Waals surface area contributed by atoms with Crippen LogP contribution in [0.3, 0.4) is 0 Å². The Morgan fingerprint density at radius 1 is 0.929 bits per heavy atom. The summed E-state index contributed by atoms with van der Waals surface area (Å²) in [5.41, 5.74) is 3.14. The molecule has 6 heteroatoms. The first-order valence-corrected chi connectivity index (χ1v) is 9.60. The molecule has 0 bridgehead atoms. The summed E-state index contributed by atoms with van der Waals surface area (Å²) in [6, 6.07) is 18.1. The lowest BCUT2D eigenvalue weighted by Gasteiger charge is -2.36. The maximum absolute atomic E-state index is 12.4. The number of rotatable bonds is 5. The molecule has 1 aliphatic heterocycles. The van der Waals surface area contributed by atoms with E-state index in [-0.39, 0.29) is 24.8 Å². The van der Waals surface area contributed by atoms with Gasteiger partial charge in [0.2, 0.25) is 11.8 Å². The van der Waals surface area contributed by atoms with Gasteiger partial charge >= 0.3 is 0 Å². The number of piperazine rings is 1. The summed E-state index contributed by atoms with van der Waals surface area (Å²) in [7, 11) is 0. The van der Waals surface area contributed by atoms with E-state index in [9.17, 15) is 9.59 Å². The number of nitrogens with one attached hydrogen (secondary N) is 2. The molecule has 0 spiro atoms. The highest BCUT2D eigenvalue weighted by atomic mass is 16.2. The lowest BCUT2D eigenvalue weighted by Crippen LogP contribution is -2.51. The summed E-state index contributed by atoms with van der Waals surface area (Å²) >= 11 is 0. The van der Waals surface area contributed by atoms with Crippen LogP contribution in [-0.2, 0) is 16.0 Å². The number of H-pyrrole nitrogens is 1. The molecule has 0 unspecified atom stereocenters. The molecule has 2 aromatic carbocycles. The quantitative estimate of drug-likeness (QED) is 0.717. The van der Waals surface area contributed by atoms with E-state index in [4.69, 9.17) is 0 Å². The largest absolute Gasteiger partial charge is 0.368 e. The van der Waals surface area contributed by atoms with Crippen LogP contribution in [-0.4, -0.2) is 54.4 Å². The van der Waals surface area contributed by atoms with Gasteiger partial charge in [0.1, 0.15) is 0 Å². The van der Waals surface area contributed by atoms with Gasteiger partial charge in [-0.25, -0.2) is 0 Å². The Balaban J connectivity index is 1.25. The molecule has 1 aliphatic rings. The molecular weight excluding hydrogens is 352 g/mol. The number of benzene rings is 2. The number of aromatic nitrogens is 1. The van der Waals surface area contributed by atoms with Crippen molar-refractivity contribution >= 4 is 28.4 Å². The summed E-state index contributed by atoms with van der Waals surface area (Å²) in [6.07, 6.45) is 2.12. The monoisotopic (exact) mass is 376 g/mol. The Morgan fingerprint density at radius 2 is 1.64 bits per heavy atom. The molecule has 1 aromatic heterocycles. The van der Waals surface area contributed by atoms with E-state index in [0.717, 1.165) is 29.6 Å². The predicted octanol–water partition coefficient (Wildman–Crippen LogP) is 2.18. The van der Waals surface area contributed by atoms with Crippen LogP contribution in [0.2, 0.25) is 0 Å². The van der Waals surface area contributed by atoms with Gasteiger partial charge in [0, 0.05) is 49.0 Å². The molecule has 2 heterocycles. The number of hydrogen-bond acceptors (Lipinski definition) is 3. The summed E-state index contributed by atoms with van der Waals surface area (Å²) in [5.74, 6) is -0.166. The van der Waals surface area contributed by atoms with Crippen LogP contribution in [0.1, 0.15) is 5.56 Å². The van der Waals surface area contributed by atoms with E-state index in [0.29, 0.717) is 13.1 Å². The Morgan fingerprint density at radius 3 is 2.43 bits per heavy atom. The molecule has 1 saturated heterocycles. The maximum Gasteiger partial charge on any atom is 0.242 e. The number of aromatic amines is 1. The fourth-order valence-electron chi connectivity index (χ4n) is 3.65. The van der Waals surface area contributed by atoms with Crippen molar-refractivity contribution in [1.82, 2.24) is 15.2 Å². The van der Waals surface area contributed by atoms with Gasteiger partial charge in [-0.3, -0.25) is 9.59 Å². The van der Waals surface area contributed by atoms with Gasteiger partial charge < -0.3 is 20.1 Å². The SMILES string of the molecule is O=C(Cc1c[nH]c2ccccc12)NCC(=O)N1CCN(c2ccccc2)CC1. The van der Waals surface area contributed by atoms with E-state index >= 15 is 0 Å². The number of carbonyl (C=O) groups is 2. The van der Waals surface area contributed by atoms with Crippen LogP contribution < -0.4 is 10.2 Å². The fraction of sp³-hybridized carbons (Fsp3) is 0.273. The zero-order valence-electron chi connectivity index (χ0n) is 15.7. The number of carbonyl (C=O) groups excluding carboxylic acids is 2. The fourth-order valence-corrected chi connectivity index (χ4v) is 3.65. The Bertz CT molecular complexity index is 959. The van der Waals surface area contributed by atoms with Crippen LogP contribution in [0, 0.1) is 0 Å². The summed E-state index contributed by atoms with van der Waals surface area (Å²) in [6.45, 7) is 3.00. The predicted molar refractivity (Wildman–Crippen MR) is 110 cm³/mol. The first-order chi connectivity index (χ1) is 13.7. The van der Waals surface area contributed by atoms with E-state index in [1.165, 1.54) is 5.69 Å². The van der Waals surface area contributed by atoms with Gasteiger partial charge in [0.25, 0.3) is 0 Å². The molecule has 0 atom stereocenters. The number of para-hydroxylation sites is 2. The van der Waals surface area contributed by atoms with Crippen molar-refractivity contribution in [2.45, 2.75) is 6.42 Å². The first kappa shape index (κ1) is 18.1. The minimum absolute atomic E-state index is 0.0278. The standard InChI is InChI=1S/C22H24N4O2/c27-21(14-17-15-23-20-9-5-4-8-19(17)20)24-16-22(28)26-12-10-25(11-13-26)18-6-2-1-3-7-18/h1-9,15,23H,10-14,16H2,(H,24,27). The van der Waals surface area contributed by atoms with E-state index in [1.54, 1.807) is 0 Å². The molecule has 2 amide bonds. The van der Waals surface area contributed by atoms with E-state index < -0.39 is 0 Å². The van der Waals surface area contributed by atoms with Gasteiger partial charge in [0.15, 0.2) is 0 Å². The van der Waals surface area contributed by atoms with Crippen molar-refractivity contribution in [1.29, 1.82) is 0 Å². The minimum Gasteiger partial charge on any atom is -0.368 e. The van der Waals surface area contributed by atoms with E-state index in [1.807, 2.05) is 53.6 Å². The van der Waals surface area contributed by atoms with Crippen molar-refractivity contribution in [3.8, 4) is 0 Å². The van der Waals surface area contributed by atoms with Crippen molar-refractivity contribution in [3.63, 3.8) is 0 Å². The van der Waals surface area contributed by atoms with Gasteiger partial charge in [-0.05, 0) is 23.8 Å².